The van der Waals surface area contributed by atoms with E-state index >= 15 is 0 Å². The topological polar surface area (TPSA) is 59.8 Å². The standard InChI is InChI=1S/C28H36FN3O3/c1-28(2,3)34-19-23(33)17-32(16-20-10-11-20)18-25-26(21-8-6-5-7-9-21)30-31(4)27(25)35-24-14-12-22(29)13-15-24/h5-9,12-15,20,23,33H,10-11,16-19H2,1-4H3/t23-/m1/s1. The lowest BCUT2D eigenvalue weighted by Crippen LogP contribution is -2.37. The molecule has 7 heteroatoms. The second-order valence-corrected chi connectivity index (χ2v) is 10.4. The molecule has 1 aliphatic carbocycles. The average Bonchev–Trinajstić information content (AvgIpc) is 3.58. The van der Waals surface area contributed by atoms with Crippen LogP contribution in [0.4, 0.5) is 4.39 Å². The van der Waals surface area contributed by atoms with Crippen LogP contribution in [0.3, 0.4) is 0 Å². The third kappa shape index (κ3) is 7.37. The molecule has 0 saturated heterocycles. The van der Waals surface area contributed by atoms with Crippen molar-refractivity contribution in [1.82, 2.24) is 14.7 Å². The summed E-state index contributed by atoms with van der Waals surface area (Å²) >= 11 is 0. The molecule has 6 nitrogen and oxygen atoms in total. The van der Waals surface area contributed by atoms with E-state index in [1.165, 1.54) is 25.0 Å². The molecule has 1 heterocycles. The van der Waals surface area contributed by atoms with Gasteiger partial charge in [-0.3, -0.25) is 4.90 Å². The molecule has 0 bridgehead atoms. The number of aliphatic hydroxyl groups is 1. The van der Waals surface area contributed by atoms with Crippen molar-refractivity contribution in [2.45, 2.75) is 51.9 Å². The molecular weight excluding hydrogens is 445 g/mol. The summed E-state index contributed by atoms with van der Waals surface area (Å²) in [5, 5.41) is 15.6. The van der Waals surface area contributed by atoms with E-state index in [-0.39, 0.29) is 18.0 Å². The molecule has 3 aromatic rings. The molecule has 188 valence electrons. The molecule has 2 aromatic carbocycles. The fourth-order valence-corrected chi connectivity index (χ4v) is 4.05. The Labute approximate surface area is 207 Å². The number of benzene rings is 2. The predicted molar refractivity (Wildman–Crippen MR) is 135 cm³/mol. The van der Waals surface area contributed by atoms with E-state index in [9.17, 15) is 9.50 Å². The van der Waals surface area contributed by atoms with Crippen molar-refractivity contribution < 1.29 is 19.0 Å². The third-order valence-corrected chi connectivity index (χ3v) is 5.94. The summed E-state index contributed by atoms with van der Waals surface area (Å²) < 4.78 is 27.2. The SMILES string of the molecule is Cn1nc(-c2ccccc2)c(CN(CC2CC2)C[C@@H](O)COC(C)(C)C)c1Oc1ccc(F)cc1. The maximum Gasteiger partial charge on any atom is 0.222 e. The highest BCUT2D eigenvalue weighted by molar-refractivity contribution is 5.65. The number of rotatable bonds is 11. The zero-order valence-corrected chi connectivity index (χ0v) is 21.1. The minimum Gasteiger partial charge on any atom is -0.439 e. The lowest BCUT2D eigenvalue weighted by Gasteiger charge is -2.27. The van der Waals surface area contributed by atoms with Crippen molar-refractivity contribution >= 4 is 0 Å². The molecule has 0 amide bonds. The summed E-state index contributed by atoms with van der Waals surface area (Å²) in [7, 11) is 1.85. The monoisotopic (exact) mass is 481 g/mol. The van der Waals surface area contributed by atoms with Gasteiger partial charge in [0.2, 0.25) is 5.88 Å². The molecule has 1 N–H and O–H groups in total. The van der Waals surface area contributed by atoms with Gasteiger partial charge in [0.1, 0.15) is 17.3 Å². The Morgan fingerprint density at radius 3 is 2.43 bits per heavy atom. The number of halogens is 1. The Bertz CT molecular complexity index is 1090. The normalized spacial score (nSPS) is 14.9. The smallest absolute Gasteiger partial charge is 0.222 e. The van der Waals surface area contributed by atoms with Crippen LogP contribution in [0.15, 0.2) is 54.6 Å². The second kappa shape index (κ2) is 10.9. The van der Waals surface area contributed by atoms with Gasteiger partial charge >= 0.3 is 0 Å². The summed E-state index contributed by atoms with van der Waals surface area (Å²) in [4.78, 5) is 2.27. The van der Waals surface area contributed by atoms with E-state index in [0.29, 0.717) is 30.6 Å². The summed E-state index contributed by atoms with van der Waals surface area (Å²) in [6.45, 7) is 8.20. The molecule has 1 fully saturated rings. The average molecular weight is 482 g/mol. The molecule has 35 heavy (non-hydrogen) atoms. The highest BCUT2D eigenvalue weighted by atomic mass is 19.1. The first-order valence-electron chi connectivity index (χ1n) is 12.3. The summed E-state index contributed by atoms with van der Waals surface area (Å²) in [5.41, 5.74) is 2.47. The zero-order valence-electron chi connectivity index (χ0n) is 21.1. The maximum atomic E-state index is 13.5. The van der Waals surface area contributed by atoms with E-state index in [4.69, 9.17) is 14.6 Å². The molecule has 4 rings (SSSR count). The van der Waals surface area contributed by atoms with Gasteiger partial charge in [0.05, 0.1) is 23.9 Å². The lowest BCUT2D eigenvalue weighted by atomic mass is 10.1. The molecule has 0 spiro atoms. The molecule has 1 saturated carbocycles. The summed E-state index contributed by atoms with van der Waals surface area (Å²) in [6.07, 6.45) is 1.82. The van der Waals surface area contributed by atoms with Gasteiger partial charge in [-0.15, -0.1) is 0 Å². The van der Waals surface area contributed by atoms with Crippen LogP contribution in [0.5, 0.6) is 11.6 Å². The van der Waals surface area contributed by atoms with Crippen molar-refractivity contribution in [3.05, 3.63) is 66.0 Å². The Balaban J connectivity index is 1.63. The fourth-order valence-electron chi connectivity index (χ4n) is 4.05. The van der Waals surface area contributed by atoms with Crippen molar-refractivity contribution in [3.63, 3.8) is 0 Å². The molecule has 0 aliphatic heterocycles. The van der Waals surface area contributed by atoms with Gasteiger partial charge < -0.3 is 14.6 Å². The number of aromatic nitrogens is 2. The quantitative estimate of drug-likeness (QED) is 0.397. The van der Waals surface area contributed by atoms with Crippen LogP contribution in [-0.2, 0) is 18.3 Å². The second-order valence-electron chi connectivity index (χ2n) is 10.4. The minimum atomic E-state index is -0.605. The number of nitrogens with zero attached hydrogens (tertiary/aromatic N) is 3. The third-order valence-electron chi connectivity index (χ3n) is 5.94. The van der Waals surface area contributed by atoms with Crippen LogP contribution in [0.2, 0.25) is 0 Å². The number of aryl methyl sites for hydroxylation is 1. The van der Waals surface area contributed by atoms with Crippen molar-refractivity contribution in [2.24, 2.45) is 13.0 Å². The van der Waals surface area contributed by atoms with E-state index in [1.807, 2.05) is 58.2 Å². The van der Waals surface area contributed by atoms with Gasteiger partial charge in [-0.1, -0.05) is 30.3 Å². The van der Waals surface area contributed by atoms with Crippen LogP contribution in [-0.4, -0.2) is 51.2 Å². The highest BCUT2D eigenvalue weighted by Crippen LogP contribution is 2.36. The first-order chi connectivity index (χ1) is 16.7. The van der Waals surface area contributed by atoms with Gasteiger partial charge in [-0.05, 0) is 63.8 Å². The zero-order chi connectivity index (χ0) is 25.0. The summed E-state index contributed by atoms with van der Waals surface area (Å²) in [6, 6.07) is 16.0. The first kappa shape index (κ1) is 25.4. The van der Waals surface area contributed by atoms with Crippen molar-refractivity contribution in [2.75, 3.05) is 19.7 Å². The van der Waals surface area contributed by atoms with E-state index < -0.39 is 6.10 Å². The van der Waals surface area contributed by atoms with Gasteiger partial charge in [0.15, 0.2) is 0 Å². The van der Waals surface area contributed by atoms with Crippen LogP contribution < -0.4 is 4.74 Å². The van der Waals surface area contributed by atoms with Crippen LogP contribution >= 0.6 is 0 Å². The van der Waals surface area contributed by atoms with Gasteiger partial charge in [-0.25, -0.2) is 9.07 Å². The summed E-state index contributed by atoms with van der Waals surface area (Å²) in [5.74, 6) is 1.48. The van der Waals surface area contributed by atoms with E-state index in [2.05, 4.69) is 4.90 Å². The van der Waals surface area contributed by atoms with Crippen molar-refractivity contribution in [3.8, 4) is 22.9 Å². The number of hydrogen-bond donors (Lipinski definition) is 1. The fraction of sp³-hybridized carbons (Fsp3) is 0.464. The van der Waals surface area contributed by atoms with Gasteiger partial charge in [-0.2, -0.15) is 5.10 Å². The van der Waals surface area contributed by atoms with Crippen LogP contribution in [0, 0.1) is 11.7 Å². The van der Waals surface area contributed by atoms with E-state index in [0.717, 1.165) is 23.4 Å². The van der Waals surface area contributed by atoms with Crippen LogP contribution in [0.1, 0.15) is 39.2 Å². The Morgan fingerprint density at radius 2 is 1.80 bits per heavy atom. The lowest BCUT2D eigenvalue weighted by molar-refractivity contribution is -0.0569. The van der Waals surface area contributed by atoms with Gasteiger partial charge in [0.25, 0.3) is 0 Å². The Kier molecular flexibility index (Phi) is 7.89. The first-order valence-corrected chi connectivity index (χ1v) is 12.3. The Hall–Kier alpha value is -2.74. The molecule has 1 atom stereocenters. The highest BCUT2D eigenvalue weighted by Gasteiger charge is 2.29. The predicted octanol–water partition coefficient (Wildman–Crippen LogP) is 5.41. The maximum absolute atomic E-state index is 13.5. The molecule has 1 aromatic heterocycles. The molecule has 1 aliphatic rings. The largest absolute Gasteiger partial charge is 0.439 e. The number of hydrogen-bond acceptors (Lipinski definition) is 5. The minimum absolute atomic E-state index is 0.280. The van der Waals surface area contributed by atoms with Gasteiger partial charge in [0, 0.05) is 32.2 Å². The Morgan fingerprint density at radius 1 is 1.11 bits per heavy atom. The number of ether oxygens (including phenoxy) is 2. The van der Waals surface area contributed by atoms with E-state index in [1.54, 1.807) is 16.8 Å². The van der Waals surface area contributed by atoms with Crippen molar-refractivity contribution in [1.29, 1.82) is 0 Å². The molecule has 0 unspecified atom stereocenters. The molecule has 0 radical (unpaired) electrons. The molecular formula is C28H36FN3O3. The van der Waals surface area contributed by atoms with Crippen LogP contribution in [0.25, 0.3) is 11.3 Å². The number of aliphatic hydroxyl groups excluding tert-OH is 1.